The Morgan fingerprint density at radius 3 is 2.26 bits per heavy atom. The summed E-state index contributed by atoms with van der Waals surface area (Å²) in [6, 6.07) is 11.6. The van der Waals surface area contributed by atoms with E-state index in [-0.39, 0.29) is 17.1 Å². The van der Waals surface area contributed by atoms with E-state index < -0.39 is 0 Å². The zero-order valence-electron chi connectivity index (χ0n) is 24.1. The van der Waals surface area contributed by atoms with Crippen molar-refractivity contribution in [1.82, 2.24) is 25.2 Å². The molecule has 7 nitrogen and oxygen atoms in total. The van der Waals surface area contributed by atoms with Crippen molar-refractivity contribution in [2.75, 3.05) is 26.7 Å². The van der Waals surface area contributed by atoms with Gasteiger partial charge < -0.3 is 15.3 Å². The molecule has 3 aromatic rings. The van der Waals surface area contributed by atoms with E-state index >= 15 is 0 Å². The Morgan fingerprint density at radius 1 is 0.974 bits per heavy atom. The van der Waals surface area contributed by atoms with Crippen molar-refractivity contribution < 1.29 is 9.90 Å². The van der Waals surface area contributed by atoms with Crippen molar-refractivity contribution in [3.8, 4) is 11.4 Å². The maximum absolute atomic E-state index is 12.6. The maximum Gasteiger partial charge on any atom is 0.220 e. The number of carbonyl (C=O) groups excluding carboxylic acids is 1. The predicted molar refractivity (Wildman–Crippen MR) is 156 cm³/mol. The van der Waals surface area contributed by atoms with Crippen LogP contribution in [0.15, 0.2) is 36.4 Å². The summed E-state index contributed by atoms with van der Waals surface area (Å²) in [5.41, 5.74) is 3.61. The second kappa shape index (κ2) is 14.3. The Bertz CT molecular complexity index is 1130. The average Bonchev–Trinajstić information content (AvgIpc) is 3.31. The molecule has 0 aliphatic carbocycles. The van der Waals surface area contributed by atoms with Crippen LogP contribution in [0.25, 0.3) is 16.7 Å². The quantitative estimate of drug-likeness (QED) is 0.234. The van der Waals surface area contributed by atoms with E-state index in [9.17, 15) is 9.90 Å². The Balaban J connectivity index is 1.52. The summed E-state index contributed by atoms with van der Waals surface area (Å²) >= 11 is 0. The van der Waals surface area contributed by atoms with Crippen molar-refractivity contribution in [2.45, 2.75) is 90.9 Å². The first-order valence-electron chi connectivity index (χ1n) is 14.3. The van der Waals surface area contributed by atoms with Crippen molar-refractivity contribution in [3.05, 3.63) is 47.5 Å². The largest absolute Gasteiger partial charge is 0.505 e. The van der Waals surface area contributed by atoms with Crippen LogP contribution in [0.4, 0.5) is 0 Å². The highest BCUT2D eigenvalue weighted by Crippen LogP contribution is 2.36. The molecule has 0 aliphatic rings. The highest BCUT2D eigenvalue weighted by molar-refractivity contribution is 5.76. The van der Waals surface area contributed by atoms with Gasteiger partial charge in [-0.2, -0.15) is 0 Å². The third kappa shape index (κ3) is 8.83. The van der Waals surface area contributed by atoms with Crippen molar-refractivity contribution in [1.29, 1.82) is 0 Å². The lowest BCUT2D eigenvalue weighted by Gasteiger charge is -2.23. The van der Waals surface area contributed by atoms with Crippen LogP contribution in [-0.4, -0.2) is 57.6 Å². The van der Waals surface area contributed by atoms with Gasteiger partial charge in [-0.05, 0) is 68.6 Å². The maximum atomic E-state index is 12.6. The predicted octanol–water partition coefficient (Wildman–Crippen LogP) is 6.15. The summed E-state index contributed by atoms with van der Waals surface area (Å²) in [5, 5.41) is 23.3. The first kappa shape index (κ1) is 29.6. The van der Waals surface area contributed by atoms with Crippen LogP contribution >= 0.6 is 0 Å². The second-order valence-corrected chi connectivity index (χ2v) is 11.5. The molecule has 0 aliphatic heterocycles. The van der Waals surface area contributed by atoms with Crippen LogP contribution in [0.1, 0.15) is 90.2 Å². The van der Waals surface area contributed by atoms with Gasteiger partial charge in [-0.25, -0.2) is 0 Å². The van der Waals surface area contributed by atoms with Crippen molar-refractivity contribution in [2.24, 2.45) is 0 Å². The van der Waals surface area contributed by atoms with E-state index in [1.54, 1.807) is 0 Å². The molecule has 38 heavy (non-hydrogen) atoms. The SMILES string of the molecule is CCCCCCCCN(C)CCCNC(=O)CCc1cc(-n2nc3ccccc3n2)c(O)c(C(C)(C)C)c1. The lowest BCUT2D eigenvalue weighted by Crippen LogP contribution is -2.28. The van der Waals surface area contributed by atoms with Gasteiger partial charge in [0, 0.05) is 18.5 Å². The molecule has 7 heteroatoms. The van der Waals surface area contributed by atoms with Gasteiger partial charge in [0.2, 0.25) is 5.91 Å². The molecule has 0 spiro atoms. The molecule has 0 saturated carbocycles. The normalized spacial score (nSPS) is 11.9. The van der Waals surface area contributed by atoms with E-state index in [1.807, 2.05) is 36.4 Å². The number of benzene rings is 2. The Labute approximate surface area is 228 Å². The fourth-order valence-corrected chi connectivity index (χ4v) is 4.71. The van der Waals surface area contributed by atoms with Crippen LogP contribution in [0.5, 0.6) is 5.75 Å². The molecule has 2 N–H and O–H groups in total. The zero-order valence-corrected chi connectivity index (χ0v) is 24.1. The number of aromatic nitrogens is 3. The number of nitrogens with one attached hydrogen (secondary N) is 1. The third-order valence-corrected chi connectivity index (χ3v) is 7.03. The second-order valence-electron chi connectivity index (χ2n) is 11.5. The van der Waals surface area contributed by atoms with Gasteiger partial charge in [0.1, 0.15) is 22.5 Å². The fourth-order valence-electron chi connectivity index (χ4n) is 4.71. The molecular formula is C31H47N5O2. The Hall–Kier alpha value is -2.93. The number of amides is 1. The molecule has 1 amide bonds. The van der Waals surface area contributed by atoms with Gasteiger partial charge in [-0.1, -0.05) is 78.0 Å². The third-order valence-electron chi connectivity index (χ3n) is 7.03. The Morgan fingerprint density at radius 2 is 1.61 bits per heavy atom. The van der Waals surface area contributed by atoms with Crippen molar-refractivity contribution in [3.63, 3.8) is 0 Å². The molecule has 0 saturated heterocycles. The number of unbranched alkanes of at least 4 members (excludes halogenated alkanes) is 5. The summed E-state index contributed by atoms with van der Waals surface area (Å²) in [7, 11) is 2.17. The standard InChI is InChI=1S/C31H47N5O2/c1-6-7-8-9-10-13-20-35(5)21-14-19-32-29(37)18-17-24-22-25(31(2,3)4)30(38)28(23-24)36-33-26-15-11-12-16-27(26)34-36/h11-12,15-16,22-23,38H,6-10,13-14,17-21H2,1-5H3,(H,32,37). The average molecular weight is 522 g/mol. The smallest absolute Gasteiger partial charge is 0.220 e. The van der Waals surface area contributed by atoms with E-state index in [4.69, 9.17) is 0 Å². The summed E-state index contributed by atoms with van der Waals surface area (Å²) in [6.45, 7) is 11.3. The first-order chi connectivity index (χ1) is 18.2. The molecule has 0 fully saturated rings. The van der Waals surface area contributed by atoms with Gasteiger partial charge in [-0.3, -0.25) is 4.79 Å². The molecule has 1 aromatic heterocycles. The summed E-state index contributed by atoms with van der Waals surface area (Å²) in [5.74, 6) is 0.231. The van der Waals surface area contributed by atoms with E-state index in [0.29, 0.717) is 25.1 Å². The van der Waals surface area contributed by atoms with Crippen LogP contribution in [0.3, 0.4) is 0 Å². The molecule has 0 atom stereocenters. The topological polar surface area (TPSA) is 83.3 Å². The molecule has 208 valence electrons. The van der Waals surface area contributed by atoms with E-state index in [1.165, 1.54) is 43.3 Å². The van der Waals surface area contributed by atoms with Gasteiger partial charge in [0.15, 0.2) is 0 Å². The minimum Gasteiger partial charge on any atom is -0.505 e. The molecule has 2 aromatic carbocycles. The monoisotopic (exact) mass is 521 g/mol. The number of hydrogen-bond acceptors (Lipinski definition) is 5. The van der Waals surface area contributed by atoms with Crippen LogP contribution < -0.4 is 5.32 Å². The Kier molecular flexibility index (Phi) is 11.1. The van der Waals surface area contributed by atoms with Crippen molar-refractivity contribution >= 4 is 16.9 Å². The molecular weight excluding hydrogens is 474 g/mol. The van der Waals surface area contributed by atoms with Gasteiger partial charge in [0.05, 0.1) is 0 Å². The van der Waals surface area contributed by atoms with Crippen LogP contribution in [-0.2, 0) is 16.6 Å². The number of rotatable bonds is 15. The van der Waals surface area contributed by atoms with Gasteiger partial charge >= 0.3 is 0 Å². The number of phenolic OH excluding ortho intramolecular Hbond substituents is 1. The fraction of sp³-hybridized carbons (Fsp3) is 0.581. The lowest BCUT2D eigenvalue weighted by molar-refractivity contribution is -0.121. The highest BCUT2D eigenvalue weighted by atomic mass is 16.3. The van der Waals surface area contributed by atoms with Crippen LogP contribution in [0.2, 0.25) is 0 Å². The number of carbonyl (C=O) groups is 1. The summed E-state index contributed by atoms with van der Waals surface area (Å²) < 4.78 is 0. The molecule has 0 bridgehead atoms. The minimum absolute atomic E-state index is 0.0541. The first-order valence-corrected chi connectivity index (χ1v) is 14.3. The van der Waals surface area contributed by atoms with Gasteiger partial charge in [-0.15, -0.1) is 15.0 Å². The molecule has 0 unspecified atom stereocenters. The summed E-state index contributed by atoms with van der Waals surface area (Å²) in [6.07, 6.45) is 9.83. The number of hydrogen-bond donors (Lipinski definition) is 2. The number of fused-ring (bicyclic) bond motifs is 1. The number of phenols is 1. The number of aromatic hydroxyl groups is 1. The van der Waals surface area contributed by atoms with Crippen LogP contribution in [0, 0.1) is 0 Å². The minimum atomic E-state index is -0.273. The lowest BCUT2D eigenvalue weighted by atomic mass is 9.84. The molecule has 3 rings (SSSR count). The molecule has 1 heterocycles. The number of nitrogens with zero attached hydrogens (tertiary/aromatic N) is 4. The van der Waals surface area contributed by atoms with E-state index in [2.05, 4.69) is 55.2 Å². The highest BCUT2D eigenvalue weighted by Gasteiger charge is 2.23. The summed E-state index contributed by atoms with van der Waals surface area (Å²) in [4.78, 5) is 16.4. The number of aryl methyl sites for hydroxylation is 1. The van der Waals surface area contributed by atoms with E-state index in [0.717, 1.165) is 41.7 Å². The zero-order chi connectivity index (χ0) is 27.5. The molecule has 0 radical (unpaired) electrons. The van der Waals surface area contributed by atoms with Gasteiger partial charge in [0.25, 0.3) is 0 Å².